The third-order valence-corrected chi connectivity index (χ3v) is 3.71. The first-order valence-corrected chi connectivity index (χ1v) is 7.47. The number of aliphatic carboxylic acids is 1. The van der Waals surface area contributed by atoms with Crippen LogP contribution in [-0.4, -0.2) is 28.2 Å². The second-order valence-corrected chi connectivity index (χ2v) is 5.26. The number of nitro groups is 1. The Balaban J connectivity index is 2.58. The first-order valence-electron chi connectivity index (χ1n) is 7.47. The number of methoxy groups -OCH3 is 1. The van der Waals surface area contributed by atoms with E-state index in [0.717, 1.165) is 18.1 Å². The summed E-state index contributed by atoms with van der Waals surface area (Å²) in [6.45, 7) is 1.99. The quantitative estimate of drug-likeness (QED) is 0.359. The maximum Gasteiger partial charge on any atom is 0.336 e. The van der Waals surface area contributed by atoms with Crippen LogP contribution in [0.25, 0.3) is 11.6 Å². The minimum absolute atomic E-state index is 0.0234. The van der Waals surface area contributed by atoms with Gasteiger partial charge < -0.3 is 14.9 Å². The molecule has 0 heterocycles. The third kappa shape index (κ3) is 3.95. The highest BCUT2D eigenvalue weighted by Crippen LogP contribution is 2.37. The summed E-state index contributed by atoms with van der Waals surface area (Å²) in [5.41, 5.74) is 1.19. The van der Waals surface area contributed by atoms with E-state index in [1.165, 1.54) is 19.3 Å². The van der Waals surface area contributed by atoms with Crippen molar-refractivity contribution in [2.24, 2.45) is 0 Å². The van der Waals surface area contributed by atoms with E-state index in [0.29, 0.717) is 5.56 Å². The molecular weight excluding hydrogens is 326 g/mol. The van der Waals surface area contributed by atoms with Crippen molar-refractivity contribution in [1.29, 1.82) is 0 Å². The van der Waals surface area contributed by atoms with Gasteiger partial charge in [-0.05, 0) is 35.3 Å². The average molecular weight is 343 g/mol. The average Bonchev–Trinajstić information content (AvgIpc) is 2.60. The number of hydrogen-bond donors (Lipinski definition) is 2. The molecular formula is C18H17NO6. The minimum atomic E-state index is -1.17. The molecule has 0 saturated carbocycles. The second-order valence-electron chi connectivity index (χ2n) is 5.26. The summed E-state index contributed by atoms with van der Waals surface area (Å²) >= 11 is 0. The van der Waals surface area contributed by atoms with Crippen LogP contribution in [0.15, 0.2) is 36.4 Å². The van der Waals surface area contributed by atoms with Gasteiger partial charge in [0.25, 0.3) is 0 Å². The molecule has 130 valence electrons. The predicted molar refractivity (Wildman–Crippen MR) is 92.6 cm³/mol. The van der Waals surface area contributed by atoms with Crippen LogP contribution < -0.4 is 4.74 Å². The summed E-state index contributed by atoms with van der Waals surface area (Å²) in [4.78, 5) is 21.9. The summed E-state index contributed by atoms with van der Waals surface area (Å²) in [5, 5.41) is 30.3. The molecule has 0 saturated heterocycles. The smallest absolute Gasteiger partial charge is 0.336 e. The molecule has 0 spiro atoms. The van der Waals surface area contributed by atoms with Crippen LogP contribution in [0.1, 0.15) is 23.6 Å². The molecule has 2 aromatic carbocycles. The van der Waals surface area contributed by atoms with E-state index in [1.54, 1.807) is 12.1 Å². The van der Waals surface area contributed by atoms with Crippen LogP contribution in [0.5, 0.6) is 11.5 Å². The first kappa shape index (κ1) is 18.0. The summed E-state index contributed by atoms with van der Waals surface area (Å²) in [6, 6.07) is 9.46. The molecule has 0 aliphatic carbocycles. The molecule has 0 fully saturated rings. The van der Waals surface area contributed by atoms with Crippen molar-refractivity contribution in [3.05, 3.63) is 63.2 Å². The summed E-state index contributed by atoms with van der Waals surface area (Å²) in [5.74, 6) is -1.88. The van der Waals surface area contributed by atoms with Crippen molar-refractivity contribution in [3.8, 4) is 11.5 Å². The van der Waals surface area contributed by atoms with Gasteiger partial charge in [-0.2, -0.15) is 0 Å². The van der Waals surface area contributed by atoms with Crippen LogP contribution in [0, 0.1) is 10.1 Å². The van der Waals surface area contributed by atoms with Gasteiger partial charge in [0.05, 0.1) is 17.6 Å². The standard InChI is InChI=1S/C18H17NO6/c1-3-11-4-6-13(7-5-11)14(18(21)22)8-12-9-15(19(23)24)17(20)16(10-12)25-2/h4-10,20H,3H2,1-2H3,(H,21,22)/b14-8-. The molecule has 0 aliphatic heterocycles. The molecule has 2 rings (SSSR count). The third-order valence-electron chi connectivity index (χ3n) is 3.71. The zero-order valence-electron chi connectivity index (χ0n) is 13.7. The highest BCUT2D eigenvalue weighted by atomic mass is 16.6. The molecule has 0 amide bonds. The summed E-state index contributed by atoms with van der Waals surface area (Å²) < 4.78 is 4.92. The Labute approximate surface area is 144 Å². The maximum absolute atomic E-state index is 11.6. The van der Waals surface area contributed by atoms with Crippen molar-refractivity contribution in [2.45, 2.75) is 13.3 Å². The molecule has 0 atom stereocenters. The number of hydrogen-bond acceptors (Lipinski definition) is 5. The Morgan fingerprint density at radius 3 is 2.40 bits per heavy atom. The Morgan fingerprint density at radius 2 is 1.92 bits per heavy atom. The van der Waals surface area contributed by atoms with E-state index in [1.807, 2.05) is 19.1 Å². The van der Waals surface area contributed by atoms with Gasteiger partial charge in [0.1, 0.15) is 0 Å². The number of phenolic OH excluding ortho intramolecular Hbond substituents is 1. The highest BCUT2D eigenvalue weighted by molar-refractivity contribution is 6.20. The number of rotatable bonds is 6. The highest BCUT2D eigenvalue weighted by Gasteiger charge is 2.20. The number of carboxylic acid groups (broad SMARTS) is 1. The van der Waals surface area contributed by atoms with E-state index in [9.17, 15) is 25.1 Å². The topological polar surface area (TPSA) is 110 Å². The number of aromatic hydroxyl groups is 1. The van der Waals surface area contributed by atoms with Gasteiger partial charge in [-0.3, -0.25) is 10.1 Å². The number of phenols is 1. The molecule has 0 aliphatic rings. The number of benzene rings is 2. The monoisotopic (exact) mass is 343 g/mol. The fourth-order valence-electron chi connectivity index (χ4n) is 2.35. The number of nitro benzene ring substituents is 1. The van der Waals surface area contributed by atoms with Crippen molar-refractivity contribution in [1.82, 2.24) is 0 Å². The number of nitrogens with zero attached hydrogens (tertiary/aromatic N) is 1. The lowest BCUT2D eigenvalue weighted by Crippen LogP contribution is -2.00. The van der Waals surface area contributed by atoms with E-state index in [2.05, 4.69) is 0 Å². The maximum atomic E-state index is 11.6. The zero-order valence-corrected chi connectivity index (χ0v) is 13.7. The fraction of sp³-hybridized carbons (Fsp3) is 0.167. The molecule has 0 radical (unpaired) electrons. The van der Waals surface area contributed by atoms with Crippen LogP contribution in [0.4, 0.5) is 5.69 Å². The minimum Gasteiger partial charge on any atom is -0.500 e. The number of carboxylic acids is 1. The molecule has 0 bridgehead atoms. The SMILES string of the molecule is CCc1ccc(/C(=C/c2cc(OC)c(O)c([N+](=O)[O-])c2)C(=O)O)cc1. The Kier molecular flexibility index (Phi) is 5.38. The van der Waals surface area contributed by atoms with Crippen LogP contribution >= 0.6 is 0 Å². The van der Waals surface area contributed by atoms with E-state index < -0.39 is 22.3 Å². The molecule has 0 unspecified atom stereocenters. The van der Waals surface area contributed by atoms with Crippen molar-refractivity contribution >= 4 is 23.3 Å². The Morgan fingerprint density at radius 1 is 1.28 bits per heavy atom. The normalized spacial score (nSPS) is 11.2. The zero-order chi connectivity index (χ0) is 18.6. The van der Waals surface area contributed by atoms with Gasteiger partial charge in [0, 0.05) is 6.07 Å². The Bertz CT molecular complexity index is 839. The van der Waals surface area contributed by atoms with Crippen LogP contribution in [0.2, 0.25) is 0 Å². The largest absolute Gasteiger partial charge is 0.500 e. The van der Waals surface area contributed by atoms with Crippen LogP contribution in [-0.2, 0) is 11.2 Å². The lowest BCUT2D eigenvalue weighted by atomic mass is 10.0. The van der Waals surface area contributed by atoms with Gasteiger partial charge in [0.15, 0.2) is 5.75 Å². The molecule has 2 N–H and O–H groups in total. The molecule has 2 aromatic rings. The van der Waals surface area contributed by atoms with Gasteiger partial charge in [-0.25, -0.2) is 4.79 Å². The van der Waals surface area contributed by atoms with E-state index in [4.69, 9.17) is 4.74 Å². The second kappa shape index (κ2) is 7.48. The van der Waals surface area contributed by atoms with Gasteiger partial charge >= 0.3 is 11.7 Å². The molecule has 7 heteroatoms. The number of aryl methyl sites for hydroxylation is 1. The van der Waals surface area contributed by atoms with E-state index in [-0.39, 0.29) is 16.9 Å². The predicted octanol–water partition coefficient (Wildman–Crippen LogP) is 3.50. The number of ether oxygens (including phenoxy) is 1. The molecule has 7 nitrogen and oxygen atoms in total. The first-order chi connectivity index (χ1) is 11.9. The fourth-order valence-corrected chi connectivity index (χ4v) is 2.35. The van der Waals surface area contributed by atoms with Crippen LogP contribution in [0.3, 0.4) is 0 Å². The lowest BCUT2D eigenvalue weighted by molar-refractivity contribution is -0.386. The van der Waals surface area contributed by atoms with Gasteiger partial charge in [-0.1, -0.05) is 31.2 Å². The van der Waals surface area contributed by atoms with Gasteiger partial charge in [0.2, 0.25) is 5.75 Å². The van der Waals surface area contributed by atoms with Gasteiger partial charge in [-0.15, -0.1) is 0 Å². The van der Waals surface area contributed by atoms with Crippen molar-refractivity contribution < 1.29 is 24.7 Å². The number of carbonyl (C=O) groups is 1. The van der Waals surface area contributed by atoms with Crippen molar-refractivity contribution in [3.63, 3.8) is 0 Å². The Hall–Kier alpha value is -3.35. The molecule has 0 aromatic heterocycles. The van der Waals surface area contributed by atoms with Crippen molar-refractivity contribution in [2.75, 3.05) is 7.11 Å². The molecule has 25 heavy (non-hydrogen) atoms. The van der Waals surface area contributed by atoms with E-state index >= 15 is 0 Å². The lowest BCUT2D eigenvalue weighted by Gasteiger charge is -2.07. The summed E-state index contributed by atoms with van der Waals surface area (Å²) in [7, 11) is 1.26. The summed E-state index contributed by atoms with van der Waals surface area (Å²) in [6.07, 6.45) is 2.13.